The SMILES string of the molecule is CCCCNC(CCC)Cc1cc(S(N)(=O)=O)ccc1C(=O)O. The third-order valence-corrected chi connectivity index (χ3v) is 4.61. The average molecular weight is 342 g/mol. The summed E-state index contributed by atoms with van der Waals surface area (Å²) < 4.78 is 23.0. The Bertz CT molecular complexity index is 629. The fourth-order valence-electron chi connectivity index (χ4n) is 2.50. The molecule has 1 atom stereocenters. The fraction of sp³-hybridized carbons (Fsp3) is 0.562. The lowest BCUT2D eigenvalue weighted by Gasteiger charge is -2.19. The Kier molecular flexibility index (Phi) is 7.67. The molecule has 0 fully saturated rings. The van der Waals surface area contributed by atoms with Gasteiger partial charge in [0.25, 0.3) is 0 Å². The van der Waals surface area contributed by atoms with Gasteiger partial charge in [0.2, 0.25) is 10.0 Å². The molecule has 0 aliphatic rings. The maximum Gasteiger partial charge on any atom is 0.335 e. The molecule has 0 radical (unpaired) electrons. The number of carboxylic acids is 1. The van der Waals surface area contributed by atoms with Gasteiger partial charge in [0.05, 0.1) is 10.5 Å². The second-order valence-electron chi connectivity index (χ2n) is 5.67. The van der Waals surface area contributed by atoms with Crippen LogP contribution in [-0.2, 0) is 16.4 Å². The molecule has 0 aromatic heterocycles. The molecule has 0 spiro atoms. The summed E-state index contributed by atoms with van der Waals surface area (Å²) in [5.41, 5.74) is 0.613. The second kappa shape index (κ2) is 9.00. The van der Waals surface area contributed by atoms with Crippen LogP contribution >= 0.6 is 0 Å². The lowest BCUT2D eigenvalue weighted by molar-refractivity contribution is 0.0695. The van der Waals surface area contributed by atoms with Gasteiger partial charge in [-0.3, -0.25) is 0 Å². The maximum absolute atomic E-state index is 11.5. The van der Waals surface area contributed by atoms with Crippen LogP contribution in [-0.4, -0.2) is 32.1 Å². The predicted molar refractivity (Wildman–Crippen MR) is 90.1 cm³/mol. The number of nitrogens with one attached hydrogen (secondary N) is 1. The normalized spacial score (nSPS) is 13.0. The summed E-state index contributed by atoms with van der Waals surface area (Å²) in [5.74, 6) is -1.07. The number of aromatic carboxylic acids is 1. The molecule has 0 bridgehead atoms. The van der Waals surface area contributed by atoms with Gasteiger partial charge in [-0.2, -0.15) is 0 Å². The first-order valence-electron chi connectivity index (χ1n) is 7.92. The molecule has 0 heterocycles. The van der Waals surface area contributed by atoms with Crippen LogP contribution in [0.1, 0.15) is 55.5 Å². The molecule has 0 saturated carbocycles. The quantitative estimate of drug-likeness (QED) is 0.564. The van der Waals surface area contributed by atoms with E-state index in [1.54, 1.807) is 0 Å². The Morgan fingerprint density at radius 1 is 1.30 bits per heavy atom. The summed E-state index contributed by atoms with van der Waals surface area (Å²) in [5, 5.41) is 17.9. The van der Waals surface area contributed by atoms with E-state index in [0.29, 0.717) is 12.0 Å². The van der Waals surface area contributed by atoms with Gasteiger partial charge in [-0.25, -0.2) is 18.4 Å². The van der Waals surface area contributed by atoms with Crippen LogP contribution in [0.15, 0.2) is 23.1 Å². The van der Waals surface area contributed by atoms with Gasteiger partial charge in [0.1, 0.15) is 0 Å². The van der Waals surface area contributed by atoms with E-state index < -0.39 is 16.0 Å². The number of primary sulfonamides is 1. The van der Waals surface area contributed by atoms with E-state index in [9.17, 15) is 18.3 Å². The van der Waals surface area contributed by atoms with Crippen LogP contribution in [0.4, 0.5) is 0 Å². The Labute approximate surface area is 138 Å². The lowest BCUT2D eigenvalue weighted by Crippen LogP contribution is -2.32. The highest BCUT2D eigenvalue weighted by molar-refractivity contribution is 7.89. The Hall–Kier alpha value is -1.44. The molecular formula is C16H26N2O4S. The zero-order valence-electron chi connectivity index (χ0n) is 13.7. The summed E-state index contributed by atoms with van der Waals surface area (Å²) in [6, 6.07) is 4.04. The first kappa shape index (κ1) is 19.6. The number of benzene rings is 1. The van der Waals surface area contributed by atoms with Crippen LogP contribution < -0.4 is 10.5 Å². The second-order valence-corrected chi connectivity index (χ2v) is 7.23. The molecule has 1 rings (SSSR count). The van der Waals surface area contributed by atoms with E-state index in [2.05, 4.69) is 19.2 Å². The lowest BCUT2D eigenvalue weighted by atomic mass is 9.97. The van der Waals surface area contributed by atoms with E-state index in [1.807, 2.05) is 0 Å². The van der Waals surface area contributed by atoms with Crippen molar-refractivity contribution in [3.8, 4) is 0 Å². The number of unbranched alkanes of at least 4 members (excludes halogenated alkanes) is 1. The minimum Gasteiger partial charge on any atom is -0.478 e. The van der Waals surface area contributed by atoms with Crippen molar-refractivity contribution < 1.29 is 18.3 Å². The van der Waals surface area contributed by atoms with E-state index in [4.69, 9.17) is 5.14 Å². The third-order valence-electron chi connectivity index (χ3n) is 3.70. The molecule has 1 aromatic rings. The van der Waals surface area contributed by atoms with Gasteiger partial charge < -0.3 is 10.4 Å². The van der Waals surface area contributed by atoms with E-state index >= 15 is 0 Å². The van der Waals surface area contributed by atoms with Gasteiger partial charge >= 0.3 is 5.97 Å². The Morgan fingerprint density at radius 2 is 2.00 bits per heavy atom. The Balaban J connectivity index is 3.07. The summed E-state index contributed by atoms with van der Waals surface area (Å²) in [6.45, 7) is 5.03. The molecule has 0 amide bonds. The number of hydrogen-bond acceptors (Lipinski definition) is 4. The van der Waals surface area contributed by atoms with Crippen molar-refractivity contribution in [2.45, 2.75) is 56.9 Å². The maximum atomic E-state index is 11.5. The number of nitrogens with two attached hydrogens (primary N) is 1. The summed E-state index contributed by atoms with van der Waals surface area (Å²) in [4.78, 5) is 11.3. The zero-order valence-corrected chi connectivity index (χ0v) is 14.5. The topological polar surface area (TPSA) is 109 Å². The monoisotopic (exact) mass is 342 g/mol. The highest BCUT2D eigenvalue weighted by atomic mass is 32.2. The molecule has 23 heavy (non-hydrogen) atoms. The van der Waals surface area contributed by atoms with Gasteiger partial charge in [0.15, 0.2) is 0 Å². The highest BCUT2D eigenvalue weighted by Gasteiger charge is 2.18. The molecule has 0 aliphatic heterocycles. The standard InChI is InChI=1S/C16H26N2O4S/c1-3-5-9-18-13(6-4-2)10-12-11-14(23(17,21)22)7-8-15(12)16(19)20/h7-8,11,13,18H,3-6,9-10H2,1-2H3,(H,19,20)(H2,17,21,22). The summed E-state index contributed by atoms with van der Waals surface area (Å²) in [6.07, 6.45) is 4.43. The molecule has 1 unspecified atom stereocenters. The van der Waals surface area contributed by atoms with Crippen molar-refractivity contribution in [1.29, 1.82) is 0 Å². The van der Waals surface area contributed by atoms with Crippen LogP contribution in [0.2, 0.25) is 0 Å². The molecule has 6 nitrogen and oxygen atoms in total. The summed E-state index contributed by atoms with van der Waals surface area (Å²) >= 11 is 0. The molecular weight excluding hydrogens is 316 g/mol. The summed E-state index contributed by atoms with van der Waals surface area (Å²) in [7, 11) is -3.85. The minimum atomic E-state index is -3.85. The first-order valence-corrected chi connectivity index (χ1v) is 9.46. The van der Waals surface area contributed by atoms with Crippen molar-refractivity contribution in [2.24, 2.45) is 5.14 Å². The fourth-order valence-corrected chi connectivity index (χ4v) is 3.06. The van der Waals surface area contributed by atoms with Crippen molar-refractivity contribution in [2.75, 3.05) is 6.54 Å². The van der Waals surface area contributed by atoms with Crippen molar-refractivity contribution in [1.82, 2.24) is 5.32 Å². The predicted octanol–water partition coefficient (Wildman–Crippen LogP) is 2.13. The van der Waals surface area contributed by atoms with E-state index in [0.717, 1.165) is 32.2 Å². The van der Waals surface area contributed by atoms with Crippen LogP contribution in [0.3, 0.4) is 0 Å². The number of hydrogen-bond donors (Lipinski definition) is 3. The average Bonchev–Trinajstić information content (AvgIpc) is 2.46. The molecule has 7 heteroatoms. The highest BCUT2D eigenvalue weighted by Crippen LogP contribution is 2.18. The smallest absolute Gasteiger partial charge is 0.335 e. The third kappa shape index (κ3) is 6.29. The number of sulfonamides is 1. The first-order chi connectivity index (χ1) is 10.8. The number of carboxylic acid groups (broad SMARTS) is 1. The number of rotatable bonds is 10. The molecule has 0 aliphatic carbocycles. The van der Waals surface area contributed by atoms with Crippen molar-refractivity contribution >= 4 is 16.0 Å². The van der Waals surface area contributed by atoms with Gasteiger partial charge in [0, 0.05) is 6.04 Å². The van der Waals surface area contributed by atoms with E-state index in [-0.39, 0.29) is 16.5 Å². The zero-order chi connectivity index (χ0) is 17.5. The van der Waals surface area contributed by atoms with Crippen LogP contribution in [0.5, 0.6) is 0 Å². The number of carbonyl (C=O) groups is 1. The molecule has 4 N–H and O–H groups in total. The molecule has 0 saturated heterocycles. The van der Waals surface area contributed by atoms with Gasteiger partial charge in [-0.05, 0) is 49.6 Å². The Morgan fingerprint density at radius 3 is 2.52 bits per heavy atom. The molecule has 1 aromatic carbocycles. The van der Waals surface area contributed by atoms with Gasteiger partial charge in [-0.1, -0.05) is 26.7 Å². The minimum absolute atomic E-state index is 0.0543. The van der Waals surface area contributed by atoms with Crippen molar-refractivity contribution in [3.63, 3.8) is 0 Å². The van der Waals surface area contributed by atoms with Crippen LogP contribution in [0, 0.1) is 0 Å². The van der Waals surface area contributed by atoms with Crippen LogP contribution in [0.25, 0.3) is 0 Å². The van der Waals surface area contributed by atoms with Gasteiger partial charge in [-0.15, -0.1) is 0 Å². The largest absolute Gasteiger partial charge is 0.478 e. The van der Waals surface area contributed by atoms with Crippen molar-refractivity contribution in [3.05, 3.63) is 29.3 Å². The molecule has 130 valence electrons. The van der Waals surface area contributed by atoms with E-state index in [1.165, 1.54) is 18.2 Å².